The molecule has 1 aromatic rings. The summed E-state index contributed by atoms with van der Waals surface area (Å²) in [6.07, 6.45) is 3.07. The fraction of sp³-hybridized carbons (Fsp3) is 0.750. The molecule has 0 amide bonds. The molecule has 2 rings (SSSR count). The third kappa shape index (κ3) is 3.27. The van der Waals surface area contributed by atoms with E-state index in [-0.39, 0.29) is 5.54 Å². The Labute approximate surface area is 101 Å². The number of thiazole rings is 1. The summed E-state index contributed by atoms with van der Waals surface area (Å²) in [4.78, 5) is 4.70. The van der Waals surface area contributed by atoms with Crippen LogP contribution in [0, 0.1) is 0 Å². The second-order valence-corrected chi connectivity index (χ2v) is 6.16. The molecule has 3 nitrogen and oxygen atoms in total. The molecule has 0 unspecified atom stereocenters. The first-order valence-corrected chi connectivity index (χ1v) is 6.73. The summed E-state index contributed by atoms with van der Waals surface area (Å²) in [5.41, 5.74) is 7.08. The molecule has 1 saturated heterocycles. The Kier molecular flexibility index (Phi) is 3.62. The van der Waals surface area contributed by atoms with Crippen molar-refractivity contribution in [1.82, 2.24) is 4.98 Å². The van der Waals surface area contributed by atoms with Gasteiger partial charge in [-0.25, -0.2) is 4.98 Å². The van der Waals surface area contributed by atoms with Gasteiger partial charge in [-0.15, -0.1) is 11.3 Å². The van der Waals surface area contributed by atoms with Crippen molar-refractivity contribution in [1.29, 1.82) is 0 Å². The van der Waals surface area contributed by atoms with E-state index in [0.717, 1.165) is 37.5 Å². The van der Waals surface area contributed by atoms with E-state index >= 15 is 0 Å². The molecule has 4 heteroatoms. The lowest BCUT2D eigenvalue weighted by molar-refractivity contribution is 0.0846. The molecule has 0 atom stereocenters. The molecule has 90 valence electrons. The van der Waals surface area contributed by atoms with Crippen LogP contribution in [0.2, 0.25) is 0 Å². The van der Waals surface area contributed by atoms with Gasteiger partial charge >= 0.3 is 0 Å². The van der Waals surface area contributed by atoms with Gasteiger partial charge in [-0.3, -0.25) is 0 Å². The number of nitrogens with two attached hydrogens (primary N) is 1. The molecule has 1 fully saturated rings. The molecule has 1 aromatic heterocycles. The number of ether oxygens (including phenoxy) is 1. The predicted molar refractivity (Wildman–Crippen MR) is 66.9 cm³/mol. The molecular formula is C12H20N2OS. The highest BCUT2D eigenvalue weighted by Crippen LogP contribution is 2.28. The molecular weight excluding hydrogens is 220 g/mol. The number of nitrogens with zero attached hydrogens (tertiary/aromatic N) is 1. The zero-order valence-electron chi connectivity index (χ0n) is 10.0. The van der Waals surface area contributed by atoms with Crippen LogP contribution in [0.5, 0.6) is 0 Å². The van der Waals surface area contributed by atoms with Crippen molar-refractivity contribution in [2.24, 2.45) is 5.73 Å². The van der Waals surface area contributed by atoms with Gasteiger partial charge in [-0.1, -0.05) is 0 Å². The number of hydrogen-bond acceptors (Lipinski definition) is 4. The van der Waals surface area contributed by atoms with Crippen molar-refractivity contribution in [2.75, 3.05) is 13.2 Å². The summed E-state index contributed by atoms with van der Waals surface area (Å²) in [6, 6.07) is 0. The van der Waals surface area contributed by atoms with Crippen molar-refractivity contribution in [3.8, 4) is 0 Å². The fourth-order valence-electron chi connectivity index (χ4n) is 1.98. The molecule has 1 aliphatic rings. The summed E-state index contributed by atoms with van der Waals surface area (Å²) < 4.78 is 5.36. The van der Waals surface area contributed by atoms with E-state index in [4.69, 9.17) is 15.5 Å². The van der Waals surface area contributed by atoms with Gasteiger partial charge in [0.15, 0.2) is 0 Å². The van der Waals surface area contributed by atoms with E-state index in [0.29, 0.717) is 5.92 Å². The number of hydrogen-bond donors (Lipinski definition) is 1. The van der Waals surface area contributed by atoms with Gasteiger partial charge < -0.3 is 10.5 Å². The van der Waals surface area contributed by atoms with Gasteiger partial charge in [0.1, 0.15) is 0 Å². The second-order valence-electron chi connectivity index (χ2n) is 5.22. The standard InChI is InChI=1S/C12H20N2OS/c1-12(2,13)7-11-14-10(8-16-11)9-3-5-15-6-4-9/h8-9H,3-7,13H2,1-2H3. The Bertz CT molecular complexity index is 337. The Balaban J connectivity index is 2.01. The monoisotopic (exact) mass is 240 g/mol. The first-order chi connectivity index (χ1) is 7.54. The minimum absolute atomic E-state index is 0.162. The first-order valence-electron chi connectivity index (χ1n) is 5.85. The average Bonchev–Trinajstić information content (AvgIpc) is 2.65. The minimum atomic E-state index is -0.162. The van der Waals surface area contributed by atoms with Crippen molar-refractivity contribution >= 4 is 11.3 Å². The van der Waals surface area contributed by atoms with Gasteiger partial charge in [0.05, 0.1) is 10.7 Å². The summed E-state index contributed by atoms with van der Waals surface area (Å²) in [5, 5.41) is 3.35. The summed E-state index contributed by atoms with van der Waals surface area (Å²) in [6.45, 7) is 5.84. The zero-order valence-corrected chi connectivity index (χ0v) is 10.8. The van der Waals surface area contributed by atoms with Gasteiger partial charge in [0.2, 0.25) is 0 Å². The van der Waals surface area contributed by atoms with Crippen LogP contribution in [-0.2, 0) is 11.2 Å². The quantitative estimate of drug-likeness (QED) is 0.882. The largest absolute Gasteiger partial charge is 0.381 e. The number of rotatable bonds is 3. The topological polar surface area (TPSA) is 48.1 Å². The smallest absolute Gasteiger partial charge is 0.0946 e. The predicted octanol–water partition coefficient (Wildman–Crippen LogP) is 2.32. The maximum Gasteiger partial charge on any atom is 0.0946 e. The second kappa shape index (κ2) is 4.82. The molecule has 0 aliphatic carbocycles. The molecule has 2 heterocycles. The van der Waals surface area contributed by atoms with Crippen LogP contribution in [-0.4, -0.2) is 23.7 Å². The average molecular weight is 240 g/mol. The molecule has 1 aliphatic heterocycles. The highest BCUT2D eigenvalue weighted by Gasteiger charge is 2.20. The lowest BCUT2D eigenvalue weighted by Crippen LogP contribution is -2.34. The van der Waals surface area contributed by atoms with Gasteiger partial charge in [0, 0.05) is 36.5 Å². The van der Waals surface area contributed by atoms with Crippen molar-refractivity contribution in [2.45, 2.75) is 44.6 Å². The van der Waals surface area contributed by atoms with Crippen LogP contribution in [0.4, 0.5) is 0 Å². The molecule has 16 heavy (non-hydrogen) atoms. The van der Waals surface area contributed by atoms with Crippen molar-refractivity contribution < 1.29 is 4.74 Å². The Hall–Kier alpha value is -0.450. The Morgan fingerprint density at radius 2 is 2.19 bits per heavy atom. The maximum atomic E-state index is 6.00. The van der Waals surface area contributed by atoms with Gasteiger partial charge in [0.25, 0.3) is 0 Å². The lowest BCUT2D eigenvalue weighted by atomic mass is 9.97. The Morgan fingerprint density at radius 1 is 1.50 bits per heavy atom. The fourth-order valence-corrected chi connectivity index (χ4v) is 3.09. The third-order valence-corrected chi connectivity index (χ3v) is 3.68. The molecule has 0 saturated carbocycles. The van der Waals surface area contributed by atoms with Gasteiger partial charge in [-0.05, 0) is 26.7 Å². The van der Waals surface area contributed by atoms with Crippen LogP contribution < -0.4 is 5.73 Å². The number of aromatic nitrogens is 1. The summed E-state index contributed by atoms with van der Waals surface area (Å²) >= 11 is 1.74. The van der Waals surface area contributed by atoms with Crippen LogP contribution in [0.15, 0.2) is 5.38 Å². The highest BCUT2D eigenvalue weighted by atomic mass is 32.1. The molecule has 0 radical (unpaired) electrons. The zero-order chi connectivity index (χ0) is 11.6. The van der Waals surface area contributed by atoms with Crippen molar-refractivity contribution in [3.05, 3.63) is 16.1 Å². The molecule has 0 aromatic carbocycles. The van der Waals surface area contributed by atoms with E-state index in [1.54, 1.807) is 11.3 Å². The Morgan fingerprint density at radius 3 is 2.81 bits per heavy atom. The van der Waals surface area contributed by atoms with E-state index in [2.05, 4.69) is 5.38 Å². The molecule has 0 bridgehead atoms. The van der Waals surface area contributed by atoms with E-state index < -0.39 is 0 Å². The van der Waals surface area contributed by atoms with E-state index in [1.165, 1.54) is 5.69 Å². The highest BCUT2D eigenvalue weighted by molar-refractivity contribution is 7.09. The van der Waals surface area contributed by atoms with E-state index in [9.17, 15) is 0 Å². The summed E-state index contributed by atoms with van der Waals surface area (Å²) in [7, 11) is 0. The van der Waals surface area contributed by atoms with Crippen LogP contribution in [0.1, 0.15) is 43.3 Å². The maximum absolute atomic E-state index is 6.00. The van der Waals surface area contributed by atoms with Gasteiger partial charge in [-0.2, -0.15) is 0 Å². The minimum Gasteiger partial charge on any atom is -0.381 e. The lowest BCUT2D eigenvalue weighted by Gasteiger charge is -2.20. The van der Waals surface area contributed by atoms with Crippen molar-refractivity contribution in [3.63, 3.8) is 0 Å². The molecule has 0 spiro atoms. The third-order valence-electron chi connectivity index (χ3n) is 2.82. The first kappa shape index (κ1) is 12.0. The molecule has 2 N–H and O–H groups in total. The van der Waals surface area contributed by atoms with Crippen LogP contribution in [0.25, 0.3) is 0 Å². The normalized spacial score (nSPS) is 18.9. The van der Waals surface area contributed by atoms with Crippen LogP contribution >= 0.6 is 11.3 Å². The SMILES string of the molecule is CC(C)(N)Cc1nc(C2CCOCC2)cs1. The van der Waals surface area contributed by atoms with Crippen LogP contribution in [0.3, 0.4) is 0 Å². The summed E-state index contributed by atoms with van der Waals surface area (Å²) in [5.74, 6) is 0.597. The van der Waals surface area contributed by atoms with E-state index in [1.807, 2.05) is 13.8 Å².